The van der Waals surface area contributed by atoms with Crippen molar-refractivity contribution in [2.45, 2.75) is 19.3 Å². The smallest absolute Gasteiger partial charge is 0.343 e. The minimum atomic E-state index is -3.64. The molecular weight excluding hydrogens is 252 g/mol. The third-order valence-corrected chi connectivity index (χ3v) is 2.03. The first kappa shape index (κ1) is 14.1. The van der Waals surface area contributed by atoms with E-state index in [0.29, 0.717) is 11.5 Å². The summed E-state index contributed by atoms with van der Waals surface area (Å²) in [7, 11) is 0. The van der Waals surface area contributed by atoms with Crippen molar-refractivity contribution < 1.29 is 18.6 Å². The van der Waals surface area contributed by atoms with E-state index in [2.05, 4.69) is 10.9 Å². The van der Waals surface area contributed by atoms with Crippen LogP contribution >= 0.6 is 0 Å². The van der Waals surface area contributed by atoms with Crippen LogP contribution in [-0.4, -0.2) is 40.1 Å². The van der Waals surface area contributed by atoms with Gasteiger partial charge in [0.15, 0.2) is 5.03 Å². The maximum absolute atomic E-state index is 13.4. The number of nitrogens with one attached hydrogen (secondary N) is 2. The van der Waals surface area contributed by atoms with Crippen molar-refractivity contribution in [1.82, 2.24) is 21.0 Å². The van der Waals surface area contributed by atoms with E-state index in [9.17, 15) is 23.7 Å². The van der Waals surface area contributed by atoms with Gasteiger partial charge in [0.25, 0.3) is 5.91 Å². The van der Waals surface area contributed by atoms with Crippen LogP contribution < -0.4 is 10.9 Å². The van der Waals surface area contributed by atoms with Crippen molar-refractivity contribution in [3.05, 3.63) is 22.5 Å². The number of hydrogen-bond donors (Lipinski definition) is 2. The van der Waals surface area contributed by atoms with Crippen LogP contribution in [0.1, 0.15) is 13.3 Å². The van der Waals surface area contributed by atoms with E-state index in [-0.39, 0.29) is 6.54 Å². The number of hydrogen-bond acceptors (Lipinski definition) is 5. The Bertz CT molecular complexity index is 363. The second-order valence-electron chi connectivity index (χ2n) is 3.57. The Hall–Kier alpha value is -1.97. The Morgan fingerprint density at radius 3 is 2.72 bits per heavy atom. The molecule has 0 spiro atoms. The molecule has 1 rings (SSSR count). The normalized spacial score (nSPS) is 15.1. The van der Waals surface area contributed by atoms with Crippen LogP contribution in [-0.2, 0) is 4.79 Å². The Labute approximate surface area is 101 Å². The van der Waals surface area contributed by atoms with E-state index >= 15 is 0 Å². The van der Waals surface area contributed by atoms with Crippen molar-refractivity contribution in [3.63, 3.8) is 0 Å². The number of nitrogens with zero attached hydrogens (tertiary/aromatic N) is 3. The lowest BCUT2D eigenvalue weighted by atomic mass is 10.3. The van der Waals surface area contributed by atoms with Crippen LogP contribution in [0.2, 0.25) is 0 Å². The molecule has 1 amide bonds. The number of nitro groups is 1. The van der Waals surface area contributed by atoms with Gasteiger partial charge in [-0.3, -0.25) is 9.80 Å². The van der Waals surface area contributed by atoms with E-state index in [4.69, 9.17) is 0 Å². The molecule has 1 aliphatic rings. The Kier molecular flexibility index (Phi) is 4.37. The third kappa shape index (κ3) is 3.52. The molecule has 0 saturated carbocycles. The first-order chi connectivity index (χ1) is 8.36. The van der Waals surface area contributed by atoms with Gasteiger partial charge in [-0.2, -0.15) is 8.78 Å². The molecule has 0 saturated heterocycles. The number of alkyl halides is 2. The van der Waals surface area contributed by atoms with E-state index in [1.54, 1.807) is 6.92 Å². The van der Waals surface area contributed by atoms with Crippen LogP contribution in [0.15, 0.2) is 12.4 Å². The summed E-state index contributed by atoms with van der Waals surface area (Å²) < 4.78 is 26.8. The molecule has 1 heterocycles. The maximum Gasteiger partial charge on any atom is 0.343 e. The molecule has 1 aliphatic heterocycles. The molecule has 102 valence electrons. The lowest BCUT2D eigenvalue weighted by Crippen LogP contribution is -2.51. The summed E-state index contributed by atoms with van der Waals surface area (Å²) in [6, 6.07) is 0. The Morgan fingerprint density at radius 2 is 2.22 bits per heavy atom. The van der Waals surface area contributed by atoms with Gasteiger partial charge in [0.1, 0.15) is 12.7 Å². The zero-order valence-electron chi connectivity index (χ0n) is 9.60. The van der Waals surface area contributed by atoms with Gasteiger partial charge in [-0.05, 0) is 11.5 Å². The van der Waals surface area contributed by atoms with E-state index in [1.807, 2.05) is 0 Å². The highest BCUT2D eigenvalue weighted by Gasteiger charge is 2.41. The van der Waals surface area contributed by atoms with Gasteiger partial charge in [-0.15, -0.1) is 0 Å². The number of hydrazine groups is 3. The van der Waals surface area contributed by atoms with Crippen LogP contribution in [0, 0.1) is 10.1 Å². The largest absolute Gasteiger partial charge is 0.351 e. The SMILES string of the molecule is CCCNC(=O)C(F)(F)CN1C=CN([N+](=O)[O-])N1. The van der Waals surface area contributed by atoms with E-state index in [0.717, 1.165) is 17.4 Å². The van der Waals surface area contributed by atoms with Gasteiger partial charge in [-0.25, -0.2) is 10.1 Å². The second kappa shape index (κ2) is 5.58. The predicted octanol–water partition coefficient (Wildman–Crippen LogP) is -0.152. The lowest BCUT2D eigenvalue weighted by Gasteiger charge is -2.22. The Morgan fingerprint density at radius 1 is 1.56 bits per heavy atom. The number of carbonyl (C=O) groups excluding carboxylic acids is 1. The topological polar surface area (TPSA) is 90.8 Å². The molecule has 2 N–H and O–H groups in total. The van der Waals surface area contributed by atoms with Crippen molar-refractivity contribution in [1.29, 1.82) is 0 Å². The number of carbonyl (C=O) groups is 1. The van der Waals surface area contributed by atoms with E-state index < -0.39 is 23.4 Å². The predicted molar refractivity (Wildman–Crippen MR) is 56.1 cm³/mol. The highest BCUT2D eigenvalue weighted by molar-refractivity contribution is 5.83. The highest BCUT2D eigenvalue weighted by atomic mass is 19.3. The molecule has 18 heavy (non-hydrogen) atoms. The first-order valence-electron chi connectivity index (χ1n) is 5.17. The van der Waals surface area contributed by atoms with Crippen molar-refractivity contribution >= 4 is 5.91 Å². The van der Waals surface area contributed by atoms with Crippen molar-refractivity contribution in [2.75, 3.05) is 13.1 Å². The number of rotatable bonds is 6. The van der Waals surface area contributed by atoms with Gasteiger partial charge in [0, 0.05) is 12.7 Å². The number of halogens is 2. The van der Waals surface area contributed by atoms with Gasteiger partial charge in [0.2, 0.25) is 0 Å². The van der Waals surface area contributed by atoms with Crippen LogP contribution in [0.3, 0.4) is 0 Å². The summed E-state index contributed by atoms with van der Waals surface area (Å²) in [5.41, 5.74) is 2.05. The number of amides is 1. The molecule has 0 fully saturated rings. The summed E-state index contributed by atoms with van der Waals surface area (Å²) in [4.78, 5) is 21.5. The van der Waals surface area contributed by atoms with Crippen LogP contribution in [0.5, 0.6) is 0 Å². The average Bonchev–Trinajstić information content (AvgIpc) is 2.73. The molecule has 10 heteroatoms. The zero-order chi connectivity index (χ0) is 13.8. The average molecular weight is 265 g/mol. The molecule has 0 aromatic rings. The van der Waals surface area contributed by atoms with Crippen molar-refractivity contribution in [3.8, 4) is 0 Å². The fraction of sp³-hybridized carbons (Fsp3) is 0.625. The monoisotopic (exact) mass is 265 g/mol. The third-order valence-electron chi connectivity index (χ3n) is 2.03. The van der Waals surface area contributed by atoms with Crippen molar-refractivity contribution in [2.24, 2.45) is 0 Å². The molecule has 0 aliphatic carbocycles. The molecule has 0 aromatic carbocycles. The highest BCUT2D eigenvalue weighted by Crippen LogP contribution is 2.16. The van der Waals surface area contributed by atoms with Crippen LogP contribution in [0.4, 0.5) is 8.78 Å². The Balaban J connectivity index is 2.49. The van der Waals surface area contributed by atoms with Gasteiger partial charge in [0.05, 0.1) is 0 Å². The molecule has 0 unspecified atom stereocenters. The molecule has 0 atom stereocenters. The lowest BCUT2D eigenvalue weighted by molar-refractivity contribution is -0.657. The minimum absolute atomic E-state index is 0.152. The molecule has 0 bridgehead atoms. The minimum Gasteiger partial charge on any atom is -0.351 e. The van der Waals surface area contributed by atoms with Gasteiger partial charge in [-0.1, -0.05) is 12.5 Å². The quantitative estimate of drug-likeness (QED) is 0.512. The maximum atomic E-state index is 13.4. The second-order valence-corrected chi connectivity index (χ2v) is 3.57. The fourth-order valence-corrected chi connectivity index (χ4v) is 1.17. The summed E-state index contributed by atoms with van der Waals surface area (Å²) >= 11 is 0. The first-order valence-corrected chi connectivity index (χ1v) is 5.17. The zero-order valence-corrected chi connectivity index (χ0v) is 9.60. The fourth-order valence-electron chi connectivity index (χ4n) is 1.17. The molecule has 0 aromatic heterocycles. The molecule has 8 nitrogen and oxygen atoms in total. The van der Waals surface area contributed by atoms with Crippen LogP contribution in [0.25, 0.3) is 0 Å². The standard InChI is InChI=1S/C8H13F2N5O3/c1-2-3-11-7(16)8(9,10)6-13-4-5-14(12-13)15(17)18/h4-5,12H,2-3,6H2,1H3,(H,11,16). The molecule has 0 radical (unpaired) electrons. The summed E-state index contributed by atoms with van der Waals surface area (Å²) in [6.45, 7) is 0.889. The summed E-state index contributed by atoms with van der Waals surface area (Å²) in [6.07, 6.45) is 2.54. The van der Waals surface area contributed by atoms with Gasteiger partial charge >= 0.3 is 5.92 Å². The summed E-state index contributed by atoms with van der Waals surface area (Å²) in [5.74, 6) is -5.04. The summed E-state index contributed by atoms with van der Waals surface area (Å²) in [5, 5.41) is 12.7. The van der Waals surface area contributed by atoms with Gasteiger partial charge < -0.3 is 5.32 Å². The molecular formula is C8H13F2N5O3. The van der Waals surface area contributed by atoms with E-state index in [1.165, 1.54) is 0 Å².